The van der Waals surface area contributed by atoms with Gasteiger partial charge in [0.15, 0.2) is 0 Å². The molecule has 1 aliphatic rings. The molecule has 2 rings (SSSR count). The minimum atomic E-state index is 0.586. The van der Waals surface area contributed by atoms with Gasteiger partial charge in [0.05, 0.1) is 6.54 Å². The lowest BCUT2D eigenvalue weighted by atomic mass is 10.0. The van der Waals surface area contributed by atoms with Crippen LogP contribution < -0.4 is 5.32 Å². The second-order valence-corrected chi connectivity index (χ2v) is 6.07. The molecular weight excluding hydrogens is 230 g/mol. The van der Waals surface area contributed by atoms with Crippen molar-refractivity contribution in [2.45, 2.75) is 51.7 Å². The third-order valence-electron chi connectivity index (χ3n) is 3.42. The van der Waals surface area contributed by atoms with Crippen LogP contribution in [0.4, 0.5) is 0 Å². The fourth-order valence-corrected chi connectivity index (χ4v) is 2.97. The van der Waals surface area contributed by atoms with Gasteiger partial charge in [-0.05, 0) is 33.2 Å². The molecule has 96 valence electrons. The van der Waals surface area contributed by atoms with E-state index in [9.17, 15) is 0 Å². The molecule has 1 aliphatic heterocycles. The highest BCUT2D eigenvalue weighted by Crippen LogP contribution is 2.14. The molecule has 1 aromatic rings. The minimum Gasteiger partial charge on any atom is -0.313 e. The Kier molecular flexibility index (Phi) is 4.95. The molecule has 1 unspecified atom stereocenters. The van der Waals surface area contributed by atoms with Crippen LogP contribution in [-0.2, 0) is 6.54 Å². The molecule has 1 aromatic heterocycles. The van der Waals surface area contributed by atoms with Crippen molar-refractivity contribution in [3.05, 3.63) is 16.6 Å². The van der Waals surface area contributed by atoms with Crippen LogP contribution in [0, 0.1) is 0 Å². The van der Waals surface area contributed by atoms with Crippen LogP contribution in [0.15, 0.2) is 11.6 Å². The Labute approximate surface area is 108 Å². The predicted octanol–water partition coefficient (Wildman–Crippen LogP) is 2.50. The topological polar surface area (TPSA) is 28.2 Å². The van der Waals surface area contributed by atoms with Crippen molar-refractivity contribution in [2.24, 2.45) is 0 Å². The smallest absolute Gasteiger partial charge is 0.107 e. The zero-order valence-electron chi connectivity index (χ0n) is 10.9. The lowest BCUT2D eigenvalue weighted by Crippen LogP contribution is -2.45. The summed E-state index contributed by atoms with van der Waals surface area (Å²) in [5.41, 5.74) is 0. The van der Waals surface area contributed by atoms with E-state index in [2.05, 4.69) is 34.4 Å². The van der Waals surface area contributed by atoms with E-state index in [0.29, 0.717) is 12.1 Å². The number of aromatic nitrogens is 1. The van der Waals surface area contributed by atoms with Gasteiger partial charge in [0.25, 0.3) is 0 Å². The molecule has 4 heteroatoms. The second-order valence-electron chi connectivity index (χ2n) is 5.10. The van der Waals surface area contributed by atoms with Crippen LogP contribution in [0.25, 0.3) is 0 Å². The van der Waals surface area contributed by atoms with E-state index in [4.69, 9.17) is 0 Å². The first-order chi connectivity index (χ1) is 8.25. The van der Waals surface area contributed by atoms with Gasteiger partial charge in [0.1, 0.15) is 5.01 Å². The molecule has 0 aliphatic carbocycles. The Hall–Kier alpha value is -0.450. The Bertz CT molecular complexity index is 304. The van der Waals surface area contributed by atoms with Crippen molar-refractivity contribution in [1.82, 2.24) is 15.2 Å². The summed E-state index contributed by atoms with van der Waals surface area (Å²) in [5, 5.41) is 6.92. The number of hydrogen-bond donors (Lipinski definition) is 1. The van der Waals surface area contributed by atoms with Crippen molar-refractivity contribution in [3.8, 4) is 0 Å². The summed E-state index contributed by atoms with van der Waals surface area (Å²) in [6.07, 6.45) is 5.93. The maximum absolute atomic E-state index is 4.39. The van der Waals surface area contributed by atoms with E-state index in [0.717, 1.165) is 13.1 Å². The lowest BCUT2D eigenvalue weighted by molar-refractivity contribution is 0.177. The van der Waals surface area contributed by atoms with Crippen molar-refractivity contribution >= 4 is 11.3 Å². The van der Waals surface area contributed by atoms with Gasteiger partial charge in [-0.3, -0.25) is 4.90 Å². The molecule has 1 N–H and O–H groups in total. The van der Waals surface area contributed by atoms with Crippen LogP contribution >= 0.6 is 11.3 Å². The molecule has 3 nitrogen and oxygen atoms in total. The number of nitrogens with zero attached hydrogens (tertiary/aromatic N) is 2. The average molecular weight is 253 g/mol. The molecule has 17 heavy (non-hydrogen) atoms. The van der Waals surface area contributed by atoms with Crippen molar-refractivity contribution in [3.63, 3.8) is 0 Å². The fourth-order valence-electron chi connectivity index (χ4n) is 2.33. The third-order valence-corrected chi connectivity index (χ3v) is 4.18. The molecule has 0 amide bonds. The van der Waals surface area contributed by atoms with Crippen LogP contribution in [-0.4, -0.2) is 35.1 Å². The molecular formula is C13H23N3S. The Balaban J connectivity index is 1.87. The largest absolute Gasteiger partial charge is 0.313 e. The first kappa shape index (κ1) is 13.0. The quantitative estimate of drug-likeness (QED) is 0.874. The highest BCUT2D eigenvalue weighted by molar-refractivity contribution is 7.09. The molecule has 1 atom stereocenters. The Morgan fingerprint density at radius 1 is 1.53 bits per heavy atom. The molecule has 0 radical (unpaired) electrons. The highest BCUT2D eigenvalue weighted by atomic mass is 32.1. The summed E-state index contributed by atoms with van der Waals surface area (Å²) < 4.78 is 0. The van der Waals surface area contributed by atoms with E-state index in [-0.39, 0.29) is 0 Å². The summed E-state index contributed by atoms with van der Waals surface area (Å²) in [6, 6.07) is 1.26. The molecule has 1 saturated heterocycles. The van der Waals surface area contributed by atoms with Crippen molar-refractivity contribution in [2.75, 3.05) is 13.1 Å². The van der Waals surface area contributed by atoms with Gasteiger partial charge in [0.2, 0.25) is 0 Å². The molecule has 0 spiro atoms. The Morgan fingerprint density at radius 3 is 3.00 bits per heavy atom. The molecule has 0 bridgehead atoms. The van der Waals surface area contributed by atoms with E-state index in [1.165, 1.54) is 30.8 Å². The average Bonchev–Trinajstić information content (AvgIpc) is 2.82. The van der Waals surface area contributed by atoms with E-state index >= 15 is 0 Å². The van der Waals surface area contributed by atoms with Gasteiger partial charge in [-0.15, -0.1) is 11.3 Å². The maximum Gasteiger partial charge on any atom is 0.107 e. The first-order valence-electron chi connectivity index (χ1n) is 6.61. The number of hydrogen-bond acceptors (Lipinski definition) is 4. The van der Waals surface area contributed by atoms with E-state index in [1.807, 2.05) is 6.20 Å². The molecule has 2 heterocycles. The summed E-state index contributed by atoms with van der Waals surface area (Å²) in [6.45, 7) is 7.88. The number of thiazole rings is 1. The van der Waals surface area contributed by atoms with Gasteiger partial charge >= 0.3 is 0 Å². The number of nitrogens with one attached hydrogen (secondary N) is 1. The van der Waals surface area contributed by atoms with Crippen molar-refractivity contribution < 1.29 is 0 Å². The zero-order valence-corrected chi connectivity index (χ0v) is 11.7. The van der Waals surface area contributed by atoms with Gasteiger partial charge < -0.3 is 5.32 Å². The summed E-state index contributed by atoms with van der Waals surface area (Å²) in [5.74, 6) is 0. The summed E-state index contributed by atoms with van der Waals surface area (Å²) in [7, 11) is 0. The van der Waals surface area contributed by atoms with Gasteiger partial charge in [-0.2, -0.15) is 0 Å². The maximum atomic E-state index is 4.39. The molecule has 0 aromatic carbocycles. The van der Waals surface area contributed by atoms with Gasteiger partial charge in [-0.25, -0.2) is 4.98 Å². The highest BCUT2D eigenvalue weighted by Gasteiger charge is 2.19. The number of rotatable bonds is 5. The molecule has 0 saturated carbocycles. The zero-order chi connectivity index (χ0) is 12.1. The van der Waals surface area contributed by atoms with Crippen molar-refractivity contribution in [1.29, 1.82) is 0 Å². The monoisotopic (exact) mass is 253 g/mol. The van der Waals surface area contributed by atoms with Gasteiger partial charge in [-0.1, -0.05) is 6.42 Å². The van der Waals surface area contributed by atoms with Crippen LogP contribution in [0.2, 0.25) is 0 Å². The third kappa shape index (κ3) is 4.05. The van der Waals surface area contributed by atoms with Crippen LogP contribution in [0.3, 0.4) is 0 Å². The van der Waals surface area contributed by atoms with E-state index in [1.54, 1.807) is 11.3 Å². The number of piperidine rings is 1. The second kappa shape index (κ2) is 6.47. The molecule has 1 fully saturated rings. The standard InChI is InChI=1S/C13H23N3S/c1-11(2)16(10-13-15-7-8-17-13)9-12-5-3-4-6-14-12/h7-8,11-12,14H,3-6,9-10H2,1-2H3. The minimum absolute atomic E-state index is 0.586. The normalized spacial score (nSPS) is 21.3. The van der Waals surface area contributed by atoms with Crippen LogP contribution in [0.5, 0.6) is 0 Å². The fraction of sp³-hybridized carbons (Fsp3) is 0.769. The van der Waals surface area contributed by atoms with Gasteiger partial charge in [0, 0.05) is 30.2 Å². The summed E-state index contributed by atoms with van der Waals surface area (Å²) >= 11 is 1.76. The lowest BCUT2D eigenvalue weighted by Gasteiger charge is -2.32. The Morgan fingerprint density at radius 2 is 2.41 bits per heavy atom. The van der Waals surface area contributed by atoms with E-state index < -0.39 is 0 Å². The first-order valence-corrected chi connectivity index (χ1v) is 7.49. The van der Waals surface area contributed by atoms with Crippen LogP contribution in [0.1, 0.15) is 38.1 Å². The predicted molar refractivity (Wildman–Crippen MR) is 73.3 cm³/mol. The SMILES string of the molecule is CC(C)N(Cc1nccs1)CC1CCCCN1. The summed E-state index contributed by atoms with van der Waals surface area (Å²) in [4.78, 5) is 6.92.